The van der Waals surface area contributed by atoms with Gasteiger partial charge in [-0.05, 0) is 62.3 Å². The average Bonchev–Trinajstić information content (AvgIpc) is 3.39. The summed E-state index contributed by atoms with van der Waals surface area (Å²) in [5.74, 6) is 3.29. The third-order valence-corrected chi connectivity index (χ3v) is 6.60. The van der Waals surface area contributed by atoms with Crippen molar-refractivity contribution in [3.63, 3.8) is 0 Å². The van der Waals surface area contributed by atoms with Gasteiger partial charge in [-0.1, -0.05) is 18.2 Å². The minimum Gasteiger partial charge on any atom is -0.495 e. The normalized spacial score (nSPS) is 15.0. The molecule has 1 aliphatic heterocycles. The van der Waals surface area contributed by atoms with Gasteiger partial charge in [-0.15, -0.1) is 0 Å². The van der Waals surface area contributed by atoms with Crippen molar-refractivity contribution in [2.24, 2.45) is 0 Å². The molecule has 0 amide bonds. The number of para-hydroxylation sites is 1. The van der Waals surface area contributed by atoms with E-state index in [0.717, 1.165) is 51.7 Å². The van der Waals surface area contributed by atoms with Crippen LogP contribution in [-0.2, 0) is 0 Å². The lowest BCUT2D eigenvalue weighted by Crippen LogP contribution is -2.34. The Morgan fingerprint density at radius 2 is 1.78 bits per heavy atom. The lowest BCUT2D eigenvalue weighted by Gasteiger charge is -2.25. The van der Waals surface area contributed by atoms with E-state index in [1.807, 2.05) is 60.7 Å². The summed E-state index contributed by atoms with van der Waals surface area (Å²) in [6.07, 6.45) is 3.11. The smallest absolute Gasteiger partial charge is 0.162 e. The molecule has 1 saturated heterocycles. The molecule has 8 nitrogen and oxygen atoms in total. The molecule has 0 atom stereocenters. The quantitative estimate of drug-likeness (QED) is 0.286. The molecule has 1 fully saturated rings. The van der Waals surface area contributed by atoms with Crippen LogP contribution in [0.5, 0.6) is 17.2 Å². The summed E-state index contributed by atoms with van der Waals surface area (Å²) in [6, 6.07) is 19.6. The van der Waals surface area contributed by atoms with Gasteiger partial charge in [-0.3, -0.25) is 0 Å². The Kier molecular flexibility index (Phi) is 5.92. The molecule has 1 aliphatic rings. The van der Waals surface area contributed by atoms with Gasteiger partial charge in [0.05, 0.1) is 25.4 Å². The maximum Gasteiger partial charge on any atom is 0.162 e. The first-order chi connectivity index (χ1) is 18.6. The summed E-state index contributed by atoms with van der Waals surface area (Å²) in [7, 11) is 3.26. The van der Waals surface area contributed by atoms with Crippen molar-refractivity contribution in [2.75, 3.05) is 32.6 Å². The molecule has 188 valence electrons. The summed E-state index contributed by atoms with van der Waals surface area (Å²) < 4.78 is 31.5. The van der Waals surface area contributed by atoms with E-state index in [0.29, 0.717) is 36.2 Å². The van der Waals surface area contributed by atoms with Crippen LogP contribution in [0, 0.1) is 0 Å². The SMILES string of the molecule is [2H]N1CCC(Oc2cc3c(Nc4cc(-c5cc6ccccc6o5)ccc4OC)ncnc3cc2OC)CC1. The van der Waals surface area contributed by atoms with Gasteiger partial charge < -0.3 is 29.3 Å². The molecule has 0 unspecified atom stereocenters. The number of benzene rings is 3. The van der Waals surface area contributed by atoms with Gasteiger partial charge in [0.25, 0.3) is 0 Å². The zero-order chi connectivity index (χ0) is 26.1. The second kappa shape index (κ2) is 9.99. The van der Waals surface area contributed by atoms with Crippen molar-refractivity contribution < 1.29 is 20.0 Å². The first kappa shape index (κ1) is 21.9. The number of methoxy groups -OCH3 is 2. The number of ether oxygens (including phenoxy) is 3. The highest BCUT2D eigenvalue weighted by molar-refractivity contribution is 5.94. The molecule has 0 saturated carbocycles. The summed E-state index contributed by atoms with van der Waals surface area (Å²) in [6.45, 7) is 1.36. The topological polar surface area (TPSA) is 90.7 Å². The fourth-order valence-corrected chi connectivity index (χ4v) is 4.65. The molecule has 0 spiro atoms. The molecule has 8 heteroatoms. The number of furan rings is 1. The first-order valence-electron chi connectivity index (χ1n) is 12.7. The van der Waals surface area contributed by atoms with Gasteiger partial charge in [0, 0.05) is 22.4 Å². The summed E-state index contributed by atoms with van der Waals surface area (Å²) >= 11 is 0. The van der Waals surface area contributed by atoms with Gasteiger partial charge in [-0.2, -0.15) is 0 Å². The van der Waals surface area contributed by atoms with Crippen LogP contribution in [0.1, 0.15) is 12.8 Å². The molecule has 3 heterocycles. The lowest BCUT2D eigenvalue weighted by molar-refractivity contribution is 0.157. The van der Waals surface area contributed by atoms with Crippen LogP contribution in [-0.4, -0.2) is 43.4 Å². The highest BCUT2D eigenvalue weighted by Crippen LogP contribution is 2.38. The Labute approximate surface area is 216 Å². The summed E-state index contributed by atoms with van der Waals surface area (Å²) in [4.78, 5) is 9.00. The fraction of sp³-hybridized carbons (Fsp3) is 0.241. The Morgan fingerprint density at radius 3 is 2.59 bits per heavy atom. The van der Waals surface area contributed by atoms with E-state index in [2.05, 4.69) is 15.3 Å². The largest absolute Gasteiger partial charge is 0.495 e. The monoisotopic (exact) mass is 497 g/mol. The Bertz CT molecular complexity index is 1560. The van der Waals surface area contributed by atoms with E-state index in [1.165, 1.54) is 6.33 Å². The molecular weight excluding hydrogens is 468 g/mol. The first-order valence-corrected chi connectivity index (χ1v) is 12.3. The standard InChI is InChI=1S/C29H28N4O4/c1-34-25-8-7-19(26-14-18-5-3-4-6-24(18)37-26)13-23(25)33-29-21-15-28(36-20-9-11-30-12-10-20)27(35-2)16-22(21)31-17-32-29/h3-8,13-17,20,30H,9-12H2,1-2H3,(H,31,32,33)/i/hD. The van der Waals surface area contributed by atoms with Gasteiger partial charge in [0.15, 0.2) is 11.5 Å². The molecular formula is C29H28N4O4. The molecule has 37 heavy (non-hydrogen) atoms. The fourth-order valence-electron chi connectivity index (χ4n) is 4.65. The minimum absolute atomic E-state index is 0.0181. The van der Waals surface area contributed by atoms with Gasteiger partial charge >= 0.3 is 0 Å². The Morgan fingerprint density at radius 1 is 0.946 bits per heavy atom. The molecule has 0 radical (unpaired) electrons. The van der Waals surface area contributed by atoms with Gasteiger partial charge in [0.2, 0.25) is 0 Å². The predicted molar refractivity (Wildman–Crippen MR) is 144 cm³/mol. The van der Waals surface area contributed by atoms with Crippen molar-refractivity contribution >= 4 is 33.4 Å². The Balaban J connectivity index is 1.36. The van der Waals surface area contributed by atoms with E-state index in [1.54, 1.807) is 19.5 Å². The van der Waals surface area contributed by atoms with Crippen LogP contribution >= 0.6 is 0 Å². The van der Waals surface area contributed by atoms with Crippen LogP contribution in [0.4, 0.5) is 11.5 Å². The third kappa shape index (κ3) is 4.63. The van der Waals surface area contributed by atoms with E-state index in [9.17, 15) is 0 Å². The van der Waals surface area contributed by atoms with Crippen LogP contribution < -0.4 is 24.8 Å². The maximum absolute atomic E-state index is 7.81. The number of nitrogens with zero attached hydrogens (tertiary/aromatic N) is 2. The van der Waals surface area contributed by atoms with Crippen molar-refractivity contribution in [3.05, 3.63) is 67.0 Å². The molecule has 2 N–H and O–H groups in total. The highest BCUT2D eigenvalue weighted by Gasteiger charge is 2.19. The van der Waals surface area contributed by atoms with Crippen molar-refractivity contribution in [3.8, 4) is 28.6 Å². The minimum atomic E-state index is 0.0181. The highest BCUT2D eigenvalue weighted by atomic mass is 16.5. The van der Waals surface area contributed by atoms with E-state index >= 15 is 0 Å². The van der Waals surface area contributed by atoms with Crippen molar-refractivity contribution in [2.45, 2.75) is 18.9 Å². The second-order valence-electron chi connectivity index (χ2n) is 8.92. The number of aromatic nitrogens is 2. The van der Waals surface area contributed by atoms with Crippen molar-refractivity contribution in [1.29, 1.82) is 0 Å². The number of nitrogens with one attached hydrogen (secondary N) is 2. The van der Waals surface area contributed by atoms with Crippen LogP contribution in [0.3, 0.4) is 0 Å². The predicted octanol–water partition coefficient (Wildman–Crippen LogP) is 5.93. The second-order valence-corrected chi connectivity index (χ2v) is 8.92. The molecule has 3 aromatic carbocycles. The molecule has 2 aromatic heterocycles. The number of hydrogen-bond acceptors (Lipinski definition) is 8. The molecule has 0 aliphatic carbocycles. The number of fused-ring (bicyclic) bond motifs is 2. The van der Waals surface area contributed by atoms with Crippen molar-refractivity contribution in [1.82, 2.24) is 15.3 Å². The Hall–Kier alpha value is -4.30. The number of anilines is 2. The zero-order valence-corrected chi connectivity index (χ0v) is 20.7. The summed E-state index contributed by atoms with van der Waals surface area (Å²) in [5, 5.41) is 6.84. The zero-order valence-electron chi connectivity index (χ0n) is 21.7. The van der Waals surface area contributed by atoms with Crippen LogP contribution in [0.2, 0.25) is 1.41 Å². The van der Waals surface area contributed by atoms with Crippen LogP contribution in [0.15, 0.2) is 71.4 Å². The number of hydrogen-bond donors (Lipinski definition) is 2. The van der Waals surface area contributed by atoms with E-state index < -0.39 is 0 Å². The van der Waals surface area contributed by atoms with E-state index in [4.69, 9.17) is 20.0 Å². The number of rotatable bonds is 7. The van der Waals surface area contributed by atoms with Gasteiger partial charge in [-0.25, -0.2) is 9.97 Å². The maximum atomic E-state index is 7.81. The molecule has 0 bridgehead atoms. The molecule has 6 rings (SSSR count). The number of piperidine rings is 1. The van der Waals surface area contributed by atoms with Gasteiger partial charge in [0.1, 0.15) is 36.8 Å². The average molecular weight is 498 g/mol. The third-order valence-electron chi connectivity index (χ3n) is 6.60. The summed E-state index contributed by atoms with van der Waals surface area (Å²) in [5.41, 5.74) is 3.21. The van der Waals surface area contributed by atoms with E-state index in [-0.39, 0.29) is 6.10 Å². The van der Waals surface area contributed by atoms with Crippen LogP contribution in [0.25, 0.3) is 33.2 Å². The lowest BCUT2D eigenvalue weighted by atomic mass is 10.1. The molecule has 5 aromatic rings.